The molecule has 8 heteroatoms. The van der Waals surface area contributed by atoms with E-state index < -0.39 is 27.8 Å². The zero-order valence-corrected chi connectivity index (χ0v) is 9.74. The number of carboxylic acid groups (broad SMARTS) is 1. The molecule has 0 amide bonds. The van der Waals surface area contributed by atoms with Gasteiger partial charge in [0, 0.05) is 12.6 Å². The van der Waals surface area contributed by atoms with E-state index in [2.05, 4.69) is 4.72 Å². The largest absolute Gasteiger partial charge is 0.480 e. The summed E-state index contributed by atoms with van der Waals surface area (Å²) in [7, 11) is -3.83. The number of rotatable bonds is 6. The van der Waals surface area contributed by atoms with Crippen molar-refractivity contribution in [3.63, 3.8) is 0 Å². The standard InChI is InChI=1S/C8H16N2O5S/c1-2-15-6-3-5(9)8(6)10-16(13,14)4-7(11)12/h5-6,8,10H,2-4,9H2,1H3,(H,11,12). The fourth-order valence-electron chi connectivity index (χ4n) is 1.60. The van der Waals surface area contributed by atoms with Crippen molar-refractivity contribution in [3.8, 4) is 0 Å². The topological polar surface area (TPSA) is 119 Å². The van der Waals surface area contributed by atoms with Gasteiger partial charge in [0.25, 0.3) is 0 Å². The highest BCUT2D eigenvalue weighted by Gasteiger charge is 2.41. The minimum Gasteiger partial charge on any atom is -0.480 e. The summed E-state index contributed by atoms with van der Waals surface area (Å²) in [6.07, 6.45) is 0.317. The van der Waals surface area contributed by atoms with Crippen LogP contribution in [0, 0.1) is 0 Å². The summed E-state index contributed by atoms with van der Waals surface area (Å²) in [6, 6.07) is -0.843. The molecule has 1 fully saturated rings. The summed E-state index contributed by atoms with van der Waals surface area (Å²) in [5.74, 6) is -2.34. The van der Waals surface area contributed by atoms with Gasteiger partial charge in [0.15, 0.2) is 5.75 Å². The lowest BCUT2D eigenvalue weighted by Gasteiger charge is -2.42. The maximum absolute atomic E-state index is 11.3. The molecule has 7 nitrogen and oxygen atoms in total. The van der Waals surface area contributed by atoms with E-state index in [0.717, 1.165) is 0 Å². The average molecular weight is 252 g/mol. The maximum Gasteiger partial charge on any atom is 0.320 e. The van der Waals surface area contributed by atoms with Gasteiger partial charge in [0.2, 0.25) is 10.0 Å². The molecule has 1 saturated carbocycles. The number of nitrogens with one attached hydrogen (secondary N) is 1. The van der Waals surface area contributed by atoms with Gasteiger partial charge in [-0.1, -0.05) is 0 Å². The second-order valence-electron chi connectivity index (χ2n) is 3.69. The first-order valence-electron chi connectivity index (χ1n) is 4.94. The third kappa shape index (κ3) is 3.41. The molecule has 0 bridgehead atoms. The summed E-state index contributed by atoms with van der Waals surface area (Å²) < 4.78 is 30.2. The molecule has 94 valence electrons. The molecular weight excluding hydrogens is 236 g/mol. The molecule has 4 N–H and O–H groups in total. The number of aliphatic carboxylic acids is 1. The third-order valence-electron chi connectivity index (χ3n) is 2.38. The van der Waals surface area contributed by atoms with E-state index in [1.807, 2.05) is 0 Å². The first-order chi connectivity index (χ1) is 7.35. The van der Waals surface area contributed by atoms with Crippen LogP contribution in [0.3, 0.4) is 0 Å². The van der Waals surface area contributed by atoms with Crippen molar-refractivity contribution >= 4 is 16.0 Å². The molecule has 3 atom stereocenters. The van der Waals surface area contributed by atoms with Gasteiger partial charge in [-0.2, -0.15) is 0 Å². The molecule has 0 heterocycles. The van der Waals surface area contributed by atoms with E-state index in [4.69, 9.17) is 15.6 Å². The number of hydrogen-bond donors (Lipinski definition) is 3. The Morgan fingerprint density at radius 3 is 2.69 bits per heavy atom. The molecule has 0 saturated heterocycles. The predicted octanol–water partition coefficient (Wildman–Crippen LogP) is -1.50. The Morgan fingerprint density at radius 1 is 1.62 bits per heavy atom. The summed E-state index contributed by atoms with van der Waals surface area (Å²) in [5, 5.41) is 8.41. The van der Waals surface area contributed by atoms with Gasteiger partial charge in [-0.3, -0.25) is 4.79 Å². The lowest BCUT2D eigenvalue weighted by atomic mass is 9.84. The Kier molecular flexibility index (Phi) is 4.25. The summed E-state index contributed by atoms with van der Waals surface area (Å²) in [4.78, 5) is 10.3. The van der Waals surface area contributed by atoms with E-state index in [0.29, 0.717) is 13.0 Å². The van der Waals surface area contributed by atoms with Crippen molar-refractivity contribution in [2.75, 3.05) is 12.4 Å². The molecule has 3 unspecified atom stereocenters. The summed E-state index contributed by atoms with van der Waals surface area (Å²) >= 11 is 0. The smallest absolute Gasteiger partial charge is 0.320 e. The van der Waals surface area contributed by atoms with Crippen LogP contribution >= 0.6 is 0 Å². The Balaban J connectivity index is 2.55. The molecule has 16 heavy (non-hydrogen) atoms. The van der Waals surface area contributed by atoms with Crippen LogP contribution in [0.2, 0.25) is 0 Å². The molecule has 1 rings (SSSR count). The van der Waals surface area contributed by atoms with E-state index in [1.165, 1.54) is 0 Å². The Morgan fingerprint density at radius 2 is 2.25 bits per heavy atom. The summed E-state index contributed by atoms with van der Waals surface area (Å²) in [6.45, 7) is 2.27. The number of ether oxygens (including phenoxy) is 1. The molecule has 1 aliphatic carbocycles. The van der Waals surface area contributed by atoms with Crippen LogP contribution in [-0.4, -0.2) is 50.0 Å². The minimum atomic E-state index is -3.83. The fraction of sp³-hybridized carbons (Fsp3) is 0.875. The zero-order valence-electron chi connectivity index (χ0n) is 8.92. The molecule has 0 aromatic rings. The van der Waals surface area contributed by atoms with E-state index in [1.54, 1.807) is 6.92 Å². The zero-order chi connectivity index (χ0) is 12.3. The van der Waals surface area contributed by atoms with E-state index >= 15 is 0 Å². The SMILES string of the molecule is CCOC1CC(N)C1NS(=O)(=O)CC(=O)O. The molecule has 1 aliphatic rings. The van der Waals surface area contributed by atoms with Crippen LogP contribution in [0.1, 0.15) is 13.3 Å². The van der Waals surface area contributed by atoms with Crippen molar-refractivity contribution in [3.05, 3.63) is 0 Å². The fourth-order valence-corrected chi connectivity index (χ4v) is 2.75. The first-order valence-corrected chi connectivity index (χ1v) is 6.60. The maximum atomic E-state index is 11.3. The molecule has 0 radical (unpaired) electrons. The number of sulfonamides is 1. The second kappa shape index (κ2) is 5.09. The predicted molar refractivity (Wildman–Crippen MR) is 56.4 cm³/mol. The number of hydrogen-bond acceptors (Lipinski definition) is 5. The van der Waals surface area contributed by atoms with Gasteiger partial charge in [-0.15, -0.1) is 0 Å². The highest BCUT2D eigenvalue weighted by molar-refractivity contribution is 7.90. The quantitative estimate of drug-likeness (QED) is 0.529. The Bertz CT molecular complexity index is 353. The van der Waals surface area contributed by atoms with Crippen molar-refractivity contribution in [1.29, 1.82) is 0 Å². The van der Waals surface area contributed by atoms with E-state index in [9.17, 15) is 13.2 Å². The monoisotopic (exact) mass is 252 g/mol. The van der Waals surface area contributed by atoms with Crippen LogP contribution in [0.5, 0.6) is 0 Å². The number of carboxylic acids is 1. The van der Waals surface area contributed by atoms with E-state index in [-0.39, 0.29) is 12.1 Å². The summed E-state index contributed by atoms with van der Waals surface area (Å²) in [5.41, 5.74) is 5.63. The highest BCUT2D eigenvalue weighted by atomic mass is 32.2. The van der Waals surface area contributed by atoms with Gasteiger partial charge >= 0.3 is 5.97 Å². The van der Waals surface area contributed by atoms with Crippen LogP contribution in [0.15, 0.2) is 0 Å². The van der Waals surface area contributed by atoms with Crippen LogP contribution in [0.25, 0.3) is 0 Å². The Hall–Kier alpha value is -0.700. The van der Waals surface area contributed by atoms with Crippen molar-refractivity contribution in [2.24, 2.45) is 5.73 Å². The van der Waals surface area contributed by atoms with Crippen molar-refractivity contribution < 1.29 is 23.1 Å². The Labute approximate surface area is 94.0 Å². The van der Waals surface area contributed by atoms with Crippen molar-refractivity contribution in [2.45, 2.75) is 31.5 Å². The van der Waals surface area contributed by atoms with Gasteiger partial charge in [0.05, 0.1) is 12.1 Å². The van der Waals surface area contributed by atoms with Gasteiger partial charge in [-0.05, 0) is 13.3 Å². The number of carbonyl (C=O) groups is 1. The van der Waals surface area contributed by atoms with Gasteiger partial charge < -0.3 is 15.6 Å². The first kappa shape index (κ1) is 13.4. The lowest BCUT2D eigenvalue weighted by Crippen LogP contribution is -2.65. The normalized spacial score (nSPS) is 29.8. The van der Waals surface area contributed by atoms with Crippen LogP contribution < -0.4 is 10.5 Å². The van der Waals surface area contributed by atoms with Crippen molar-refractivity contribution in [1.82, 2.24) is 4.72 Å². The highest BCUT2D eigenvalue weighted by Crippen LogP contribution is 2.23. The molecule has 0 aliphatic heterocycles. The minimum absolute atomic E-state index is 0.261. The van der Waals surface area contributed by atoms with Crippen LogP contribution in [-0.2, 0) is 19.6 Å². The average Bonchev–Trinajstić information content (AvgIpc) is 2.12. The molecular formula is C8H16N2O5S. The molecule has 0 aromatic carbocycles. The number of nitrogens with two attached hydrogens (primary N) is 1. The van der Waals surface area contributed by atoms with Gasteiger partial charge in [-0.25, -0.2) is 13.1 Å². The lowest BCUT2D eigenvalue weighted by molar-refractivity contribution is -0.134. The van der Waals surface area contributed by atoms with Gasteiger partial charge in [0.1, 0.15) is 0 Å². The van der Waals surface area contributed by atoms with Crippen LogP contribution in [0.4, 0.5) is 0 Å². The third-order valence-corrected chi connectivity index (χ3v) is 3.63. The molecule has 0 aromatic heterocycles. The molecule has 0 spiro atoms. The second-order valence-corrected chi connectivity index (χ2v) is 5.44.